The normalized spacial score (nSPS) is 13.8. The second-order valence-electron chi connectivity index (χ2n) is 5.61. The van der Waals surface area contributed by atoms with Crippen molar-refractivity contribution in [2.24, 2.45) is 0 Å². The van der Waals surface area contributed by atoms with E-state index in [2.05, 4.69) is 32.9 Å². The van der Waals surface area contributed by atoms with Crippen LogP contribution in [0.2, 0.25) is 0 Å². The van der Waals surface area contributed by atoms with E-state index in [1.807, 2.05) is 6.08 Å². The maximum absolute atomic E-state index is 10.9. The van der Waals surface area contributed by atoms with E-state index in [0.717, 1.165) is 32.1 Å². The van der Waals surface area contributed by atoms with E-state index in [0.29, 0.717) is 6.42 Å². The van der Waals surface area contributed by atoms with E-state index < -0.39 is 0 Å². The van der Waals surface area contributed by atoms with Crippen LogP contribution >= 0.6 is 0 Å². The highest BCUT2D eigenvalue weighted by molar-refractivity contribution is 5.75. The topological polar surface area (TPSA) is 37.3 Å². The maximum atomic E-state index is 10.9. The first-order chi connectivity index (χ1) is 9.45. The first-order valence-electron chi connectivity index (χ1n) is 7.53. The van der Waals surface area contributed by atoms with Crippen molar-refractivity contribution in [3.05, 3.63) is 34.9 Å². The summed E-state index contributed by atoms with van der Waals surface area (Å²) in [5, 5.41) is 8.77. The van der Waals surface area contributed by atoms with Gasteiger partial charge in [-0.3, -0.25) is 0 Å². The molecule has 0 rings (SSSR count). The van der Waals surface area contributed by atoms with E-state index in [-0.39, 0.29) is 12.4 Å². The van der Waals surface area contributed by atoms with Gasteiger partial charge < -0.3 is 9.90 Å². The average Bonchev–Trinajstić information content (AvgIpc) is 2.36. The lowest BCUT2D eigenvalue weighted by atomic mass is 10.0. The van der Waals surface area contributed by atoms with E-state index in [4.69, 9.17) is 5.11 Å². The molecule has 0 fully saturated rings. The minimum absolute atomic E-state index is 0.138. The summed E-state index contributed by atoms with van der Waals surface area (Å²) in [5.74, 6) is 0.264. The molecular weight excluding hydrogens is 248 g/mol. The van der Waals surface area contributed by atoms with Crippen LogP contribution in [0.4, 0.5) is 0 Å². The Labute approximate surface area is 124 Å². The van der Waals surface area contributed by atoms with Crippen molar-refractivity contribution in [2.45, 2.75) is 66.2 Å². The van der Waals surface area contributed by atoms with Crippen LogP contribution in [0.25, 0.3) is 0 Å². The largest absolute Gasteiger partial charge is 0.392 e. The van der Waals surface area contributed by atoms with E-state index in [1.165, 1.54) is 16.7 Å². The third-order valence-corrected chi connectivity index (χ3v) is 3.37. The van der Waals surface area contributed by atoms with Crippen LogP contribution in [0.5, 0.6) is 0 Å². The standard InChI is InChI=1S/C18H30O2/c1-15(8-6-10-17(3)13-14-19)7-5-9-16(2)11-12-18(4)20/h8-9,13,19H,5-7,10-12,14H2,1-4H3. The van der Waals surface area contributed by atoms with Gasteiger partial charge in [0.15, 0.2) is 0 Å². The minimum atomic E-state index is 0.138. The summed E-state index contributed by atoms with van der Waals surface area (Å²) in [7, 11) is 0. The first kappa shape index (κ1) is 18.9. The van der Waals surface area contributed by atoms with Crippen molar-refractivity contribution >= 4 is 5.78 Å². The molecule has 0 aliphatic carbocycles. The van der Waals surface area contributed by atoms with E-state index >= 15 is 0 Å². The summed E-state index contributed by atoms with van der Waals surface area (Å²) in [6.07, 6.45) is 12.1. The molecule has 1 N–H and O–H groups in total. The molecule has 2 nitrogen and oxygen atoms in total. The number of ketones is 1. The molecule has 0 amide bonds. The van der Waals surface area contributed by atoms with Gasteiger partial charge in [0.05, 0.1) is 6.61 Å². The predicted molar refractivity (Wildman–Crippen MR) is 86.7 cm³/mol. The van der Waals surface area contributed by atoms with Gasteiger partial charge in [-0.15, -0.1) is 0 Å². The Morgan fingerprint density at radius 1 is 0.750 bits per heavy atom. The van der Waals surface area contributed by atoms with Crippen molar-refractivity contribution in [3.8, 4) is 0 Å². The third-order valence-electron chi connectivity index (χ3n) is 3.37. The first-order valence-corrected chi connectivity index (χ1v) is 7.53. The number of hydrogen-bond acceptors (Lipinski definition) is 2. The highest BCUT2D eigenvalue weighted by Crippen LogP contribution is 2.12. The molecule has 114 valence electrons. The lowest BCUT2D eigenvalue weighted by Crippen LogP contribution is -1.90. The number of carbonyl (C=O) groups excluding carboxylic acids is 1. The summed E-state index contributed by atoms with van der Waals surface area (Å²) in [4.78, 5) is 10.9. The van der Waals surface area contributed by atoms with Crippen LogP contribution < -0.4 is 0 Å². The van der Waals surface area contributed by atoms with Gasteiger partial charge in [0, 0.05) is 6.42 Å². The molecule has 0 spiro atoms. The van der Waals surface area contributed by atoms with Crippen molar-refractivity contribution in [1.82, 2.24) is 0 Å². The van der Waals surface area contributed by atoms with Crippen LogP contribution in [-0.4, -0.2) is 17.5 Å². The SMILES string of the molecule is CC(=O)CCC(C)=CCCC(C)=CCCC(C)=CCO. The molecule has 0 radical (unpaired) electrons. The molecule has 0 bridgehead atoms. The highest BCUT2D eigenvalue weighted by Gasteiger charge is 1.96. The number of aliphatic hydroxyl groups excluding tert-OH is 1. The molecule has 0 aliphatic heterocycles. The van der Waals surface area contributed by atoms with Crippen LogP contribution in [0.1, 0.15) is 66.2 Å². The summed E-state index contributed by atoms with van der Waals surface area (Å²) in [6.45, 7) is 8.11. The van der Waals surface area contributed by atoms with E-state index in [1.54, 1.807) is 6.92 Å². The van der Waals surface area contributed by atoms with E-state index in [9.17, 15) is 4.79 Å². The molecule has 2 heteroatoms. The zero-order valence-corrected chi connectivity index (χ0v) is 13.5. The molecule has 0 atom stereocenters. The van der Waals surface area contributed by atoms with Gasteiger partial charge in [-0.1, -0.05) is 34.9 Å². The Hall–Kier alpha value is -1.15. The molecular formula is C18H30O2. The lowest BCUT2D eigenvalue weighted by Gasteiger charge is -2.02. The minimum Gasteiger partial charge on any atom is -0.392 e. The monoisotopic (exact) mass is 278 g/mol. The Kier molecular flexibility index (Phi) is 11.0. The number of rotatable bonds is 10. The molecule has 0 aliphatic rings. The second kappa shape index (κ2) is 11.7. The van der Waals surface area contributed by atoms with Crippen molar-refractivity contribution in [1.29, 1.82) is 0 Å². The van der Waals surface area contributed by atoms with Crippen molar-refractivity contribution < 1.29 is 9.90 Å². The lowest BCUT2D eigenvalue weighted by molar-refractivity contribution is -0.116. The summed E-state index contributed by atoms with van der Waals surface area (Å²) < 4.78 is 0. The van der Waals surface area contributed by atoms with Gasteiger partial charge >= 0.3 is 0 Å². The molecule has 0 aromatic heterocycles. The quantitative estimate of drug-likeness (QED) is 0.586. The average molecular weight is 278 g/mol. The Bertz CT molecular complexity index is 373. The molecule has 0 saturated heterocycles. The fraction of sp³-hybridized carbons (Fsp3) is 0.611. The highest BCUT2D eigenvalue weighted by atomic mass is 16.2. The number of Topliss-reactive ketones (excluding diaryl/α,β-unsaturated/α-hetero) is 1. The molecule has 0 aromatic rings. The molecule has 20 heavy (non-hydrogen) atoms. The maximum Gasteiger partial charge on any atom is 0.130 e. The van der Waals surface area contributed by atoms with Gasteiger partial charge in [-0.25, -0.2) is 0 Å². The van der Waals surface area contributed by atoms with Crippen LogP contribution in [0.15, 0.2) is 34.9 Å². The second-order valence-corrected chi connectivity index (χ2v) is 5.61. The van der Waals surface area contributed by atoms with Crippen LogP contribution in [0.3, 0.4) is 0 Å². The summed E-state index contributed by atoms with van der Waals surface area (Å²) >= 11 is 0. The number of aliphatic hydroxyl groups is 1. The fourth-order valence-electron chi connectivity index (χ4n) is 1.93. The molecule has 0 aromatic carbocycles. The van der Waals surface area contributed by atoms with Gasteiger partial charge in [0.25, 0.3) is 0 Å². The van der Waals surface area contributed by atoms with Crippen molar-refractivity contribution in [3.63, 3.8) is 0 Å². The zero-order valence-electron chi connectivity index (χ0n) is 13.5. The van der Waals surface area contributed by atoms with Gasteiger partial charge in [0.1, 0.15) is 5.78 Å². The molecule has 0 unspecified atom stereocenters. The fourth-order valence-corrected chi connectivity index (χ4v) is 1.93. The van der Waals surface area contributed by atoms with Gasteiger partial charge in [0.2, 0.25) is 0 Å². The third kappa shape index (κ3) is 11.9. The number of allylic oxidation sites excluding steroid dienone is 5. The Balaban J connectivity index is 3.91. The number of carbonyl (C=O) groups is 1. The van der Waals surface area contributed by atoms with Gasteiger partial charge in [-0.05, 0) is 59.8 Å². The van der Waals surface area contributed by atoms with Gasteiger partial charge in [-0.2, -0.15) is 0 Å². The van der Waals surface area contributed by atoms with Crippen molar-refractivity contribution in [2.75, 3.05) is 6.61 Å². The molecule has 0 heterocycles. The van der Waals surface area contributed by atoms with Crippen LogP contribution in [0, 0.1) is 0 Å². The van der Waals surface area contributed by atoms with Crippen LogP contribution in [-0.2, 0) is 4.79 Å². The summed E-state index contributed by atoms with van der Waals surface area (Å²) in [6, 6.07) is 0. The Morgan fingerprint density at radius 2 is 1.20 bits per heavy atom. The zero-order chi connectivity index (χ0) is 15.4. The predicted octanol–water partition coefficient (Wildman–Crippen LogP) is 4.75. The molecule has 0 saturated carbocycles. The smallest absolute Gasteiger partial charge is 0.130 e. The summed E-state index contributed by atoms with van der Waals surface area (Å²) in [5.41, 5.74) is 3.98. The Morgan fingerprint density at radius 3 is 1.65 bits per heavy atom. The number of hydrogen-bond donors (Lipinski definition) is 1.